The third-order valence-corrected chi connectivity index (χ3v) is 5.78. The molecule has 0 amide bonds. The molecule has 1 aromatic rings. The Morgan fingerprint density at radius 1 is 1.35 bits per heavy atom. The van der Waals surface area contributed by atoms with Crippen LogP contribution in [0.4, 0.5) is 0 Å². The van der Waals surface area contributed by atoms with E-state index in [1.165, 1.54) is 13.8 Å². The van der Waals surface area contributed by atoms with Gasteiger partial charge in [0.2, 0.25) is 0 Å². The highest BCUT2D eigenvalue weighted by atomic mass is 31.2. The molecular weight excluding hydrogens is 241 g/mol. The van der Waals surface area contributed by atoms with Crippen LogP contribution in [0.3, 0.4) is 0 Å². The molecule has 6 heteroatoms. The van der Waals surface area contributed by atoms with Gasteiger partial charge < -0.3 is 4.52 Å². The predicted molar refractivity (Wildman–Crippen MR) is 66.4 cm³/mol. The Morgan fingerprint density at radius 3 is 2.29 bits per heavy atom. The molecule has 1 atom stereocenters. The molecule has 0 bridgehead atoms. The molecule has 0 aliphatic heterocycles. The van der Waals surface area contributed by atoms with Crippen LogP contribution in [0.1, 0.15) is 20.8 Å². The molecule has 0 radical (unpaired) electrons. The first kappa shape index (κ1) is 13.9. The molecule has 94 valence electrons. The monoisotopic (exact) mass is 257 g/mol. The largest absolute Gasteiger partial charge is 0.321 e. The molecule has 0 saturated carbocycles. The van der Waals surface area contributed by atoms with E-state index in [4.69, 9.17) is 4.52 Å². The molecular formula is C11H16NO4P. The molecule has 0 aliphatic carbocycles. The SMILES string of the molecule is CCOP(=O)(c1ccccc1)C(C)(C)[N+](=O)[O-]. The summed E-state index contributed by atoms with van der Waals surface area (Å²) in [6, 6.07) is 8.34. The van der Waals surface area contributed by atoms with Crippen LogP contribution in [-0.2, 0) is 9.09 Å². The summed E-state index contributed by atoms with van der Waals surface area (Å²) in [5.41, 5.74) is 0. The first-order valence-corrected chi connectivity index (χ1v) is 6.93. The van der Waals surface area contributed by atoms with Gasteiger partial charge in [0.05, 0.1) is 6.61 Å². The molecule has 1 aromatic carbocycles. The molecule has 0 saturated heterocycles. The van der Waals surface area contributed by atoms with Crippen LogP contribution < -0.4 is 5.30 Å². The summed E-state index contributed by atoms with van der Waals surface area (Å²) in [4.78, 5) is 10.5. The first-order chi connectivity index (χ1) is 7.86. The number of nitrogens with zero attached hydrogens (tertiary/aromatic N) is 1. The van der Waals surface area contributed by atoms with Gasteiger partial charge in [-0.25, -0.2) is 0 Å². The normalized spacial score (nSPS) is 15.2. The van der Waals surface area contributed by atoms with E-state index < -0.39 is 17.6 Å². The van der Waals surface area contributed by atoms with Crippen molar-refractivity contribution < 1.29 is 14.0 Å². The van der Waals surface area contributed by atoms with Gasteiger partial charge in [-0.2, -0.15) is 0 Å². The highest BCUT2D eigenvalue weighted by Gasteiger charge is 2.53. The minimum Gasteiger partial charge on any atom is -0.321 e. The van der Waals surface area contributed by atoms with E-state index >= 15 is 0 Å². The van der Waals surface area contributed by atoms with Gasteiger partial charge in [-0.1, -0.05) is 18.2 Å². The number of nitro groups is 1. The van der Waals surface area contributed by atoms with Crippen LogP contribution >= 0.6 is 7.37 Å². The number of hydrogen-bond acceptors (Lipinski definition) is 4. The maximum Gasteiger partial charge on any atom is 0.306 e. The van der Waals surface area contributed by atoms with Crippen molar-refractivity contribution in [1.29, 1.82) is 0 Å². The summed E-state index contributed by atoms with van der Waals surface area (Å²) < 4.78 is 18.1. The van der Waals surface area contributed by atoms with Gasteiger partial charge in [0.25, 0.3) is 5.28 Å². The zero-order valence-corrected chi connectivity index (χ0v) is 11.0. The average molecular weight is 257 g/mol. The third kappa shape index (κ3) is 2.40. The van der Waals surface area contributed by atoms with Gasteiger partial charge in [0, 0.05) is 24.1 Å². The minimum atomic E-state index is -3.53. The molecule has 0 fully saturated rings. The van der Waals surface area contributed by atoms with Gasteiger partial charge in [-0.05, 0) is 19.1 Å². The van der Waals surface area contributed by atoms with Crippen molar-refractivity contribution in [2.45, 2.75) is 26.1 Å². The highest BCUT2D eigenvalue weighted by molar-refractivity contribution is 7.68. The lowest BCUT2D eigenvalue weighted by atomic mass is 10.4. The van der Waals surface area contributed by atoms with Crippen molar-refractivity contribution in [2.24, 2.45) is 0 Å². The fourth-order valence-electron chi connectivity index (χ4n) is 1.46. The quantitative estimate of drug-likeness (QED) is 0.462. The molecule has 0 N–H and O–H groups in total. The standard InChI is InChI=1S/C11H16NO4P/c1-4-16-17(15,11(2,3)12(13)14)10-8-6-5-7-9-10/h5-9H,4H2,1-3H3. The second-order valence-electron chi connectivity index (χ2n) is 4.06. The second kappa shape index (κ2) is 4.98. The Labute approximate surface area is 100 Å². The van der Waals surface area contributed by atoms with Crippen molar-refractivity contribution in [3.63, 3.8) is 0 Å². The maximum absolute atomic E-state index is 12.8. The van der Waals surface area contributed by atoms with Gasteiger partial charge in [0.15, 0.2) is 0 Å². The molecule has 1 unspecified atom stereocenters. The zero-order valence-electron chi connectivity index (χ0n) is 10.1. The summed E-state index contributed by atoms with van der Waals surface area (Å²) in [6.45, 7) is 4.50. The van der Waals surface area contributed by atoms with Crippen molar-refractivity contribution >= 4 is 12.7 Å². The van der Waals surface area contributed by atoms with Gasteiger partial charge in [0.1, 0.15) is 0 Å². The molecule has 0 spiro atoms. The number of benzene rings is 1. The van der Waals surface area contributed by atoms with E-state index in [2.05, 4.69) is 0 Å². The van der Waals surface area contributed by atoms with Gasteiger partial charge in [-0.15, -0.1) is 0 Å². The lowest BCUT2D eigenvalue weighted by Crippen LogP contribution is -2.36. The van der Waals surface area contributed by atoms with Crippen molar-refractivity contribution in [1.82, 2.24) is 0 Å². The van der Waals surface area contributed by atoms with Gasteiger partial charge in [-0.3, -0.25) is 14.7 Å². The Balaban J connectivity index is 3.34. The summed E-state index contributed by atoms with van der Waals surface area (Å²) in [6.07, 6.45) is 0. The Kier molecular flexibility index (Phi) is 4.07. The number of hydrogen-bond donors (Lipinski definition) is 0. The van der Waals surface area contributed by atoms with E-state index in [1.807, 2.05) is 0 Å². The van der Waals surface area contributed by atoms with Crippen LogP contribution in [0.5, 0.6) is 0 Å². The summed E-state index contributed by atoms with van der Waals surface area (Å²) in [7, 11) is -3.53. The average Bonchev–Trinajstić information content (AvgIpc) is 2.30. The fraction of sp³-hybridized carbons (Fsp3) is 0.455. The predicted octanol–water partition coefficient (Wildman–Crippen LogP) is 2.64. The smallest absolute Gasteiger partial charge is 0.306 e. The van der Waals surface area contributed by atoms with Gasteiger partial charge >= 0.3 is 7.37 Å². The van der Waals surface area contributed by atoms with Crippen molar-refractivity contribution in [2.75, 3.05) is 6.61 Å². The Bertz CT molecular complexity index is 444. The summed E-state index contributed by atoms with van der Waals surface area (Å²) in [5.74, 6) is 0. The highest BCUT2D eigenvalue weighted by Crippen LogP contribution is 2.57. The molecule has 5 nitrogen and oxygen atoms in total. The summed E-state index contributed by atoms with van der Waals surface area (Å²) in [5, 5.41) is 9.81. The van der Waals surface area contributed by atoms with E-state index in [1.54, 1.807) is 37.3 Å². The molecule has 17 heavy (non-hydrogen) atoms. The maximum atomic E-state index is 12.8. The molecule has 0 aliphatic rings. The first-order valence-electron chi connectivity index (χ1n) is 5.31. The molecule has 0 heterocycles. The van der Waals surface area contributed by atoms with Crippen molar-refractivity contribution in [3.05, 3.63) is 40.4 Å². The molecule has 0 aromatic heterocycles. The Hall–Kier alpha value is -1.19. The lowest BCUT2D eigenvalue weighted by molar-refractivity contribution is -0.533. The fourth-order valence-corrected chi connectivity index (χ4v) is 3.70. The van der Waals surface area contributed by atoms with Crippen LogP contribution in [0.25, 0.3) is 0 Å². The van der Waals surface area contributed by atoms with Crippen LogP contribution in [0, 0.1) is 10.1 Å². The summed E-state index contributed by atoms with van der Waals surface area (Å²) >= 11 is 0. The van der Waals surface area contributed by atoms with Crippen LogP contribution in [0.15, 0.2) is 30.3 Å². The third-order valence-electron chi connectivity index (χ3n) is 2.57. The molecule has 1 rings (SSSR count). The van der Waals surface area contributed by atoms with E-state index in [-0.39, 0.29) is 6.61 Å². The minimum absolute atomic E-state index is 0.170. The van der Waals surface area contributed by atoms with E-state index in [0.717, 1.165) is 0 Å². The van der Waals surface area contributed by atoms with E-state index in [9.17, 15) is 14.7 Å². The van der Waals surface area contributed by atoms with Crippen LogP contribution in [-0.4, -0.2) is 16.8 Å². The second-order valence-corrected chi connectivity index (χ2v) is 7.03. The Morgan fingerprint density at radius 2 is 1.88 bits per heavy atom. The van der Waals surface area contributed by atoms with Crippen LogP contribution in [0.2, 0.25) is 0 Å². The van der Waals surface area contributed by atoms with E-state index in [0.29, 0.717) is 5.30 Å². The lowest BCUT2D eigenvalue weighted by Gasteiger charge is -2.26. The zero-order chi connectivity index (χ0) is 13.1. The number of rotatable bonds is 5. The van der Waals surface area contributed by atoms with Crippen molar-refractivity contribution in [3.8, 4) is 0 Å². The topological polar surface area (TPSA) is 69.4 Å².